The van der Waals surface area contributed by atoms with E-state index in [9.17, 15) is 0 Å². The van der Waals surface area contributed by atoms with E-state index in [0.29, 0.717) is 11.8 Å². The van der Waals surface area contributed by atoms with Crippen molar-refractivity contribution in [3.8, 4) is 0 Å². The number of rotatable bonds is 5. The van der Waals surface area contributed by atoms with E-state index in [0.717, 1.165) is 23.1 Å². The zero-order valence-corrected chi connectivity index (χ0v) is 12.5. The molecule has 0 amide bonds. The molecule has 1 heterocycles. The van der Waals surface area contributed by atoms with Gasteiger partial charge in [0.2, 0.25) is 0 Å². The predicted molar refractivity (Wildman–Crippen MR) is 88.6 cm³/mol. The molecule has 108 valence electrons. The Balaban J connectivity index is 1.80. The summed E-state index contributed by atoms with van der Waals surface area (Å²) in [6.07, 6.45) is 1.88. The minimum Gasteiger partial charge on any atom is -0.384 e. The van der Waals surface area contributed by atoms with Crippen LogP contribution in [-0.2, 0) is 0 Å². The van der Waals surface area contributed by atoms with Crippen molar-refractivity contribution in [2.75, 3.05) is 11.9 Å². The van der Waals surface area contributed by atoms with Crippen molar-refractivity contribution in [2.24, 2.45) is 5.92 Å². The van der Waals surface area contributed by atoms with Gasteiger partial charge in [0.25, 0.3) is 0 Å². The van der Waals surface area contributed by atoms with Gasteiger partial charge in [-0.05, 0) is 23.6 Å². The molecule has 3 nitrogen and oxygen atoms in total. The van der Waals surface area contributed by atoms with Gasteiger partial charge in [0.15, 0.2) is 0 Å². The molecule has 1 unspecified atom stereocenters. The zero-order valence-electron chi connectivity index (χ0n) is 12.5. The van der Waals surface area contributed by atoms with Crippen molar-refractivity contribution in [3.63, 3.8) is 0 Å². The number of nitrogens with one attached hydrogen (secondary N) is 2. The largest absolute Gasteiger partial charge is 0.384 e. The van der Waals surface area contributed by atoms with Crippen molar-refractivity contribution in [2.45, 2.75) is 19.8 Å². The SMILES string of the molecule is CC(C)C(CNc1cccc2[nH]ncc12)c1ccccc1. The molecule has 0 spiro atoms. The molecule has 3 aromatic rings. The summed E-state index contributed by atoms with van der Waals surface area (Å²) in [6.45, 7) is 5.47. The maximum atomic E-state index is 4.12. The first-order valence-corrected chi connectivity index (χ1v) is 7.46. The van der Waals surface area contributed by atoms with Crippen LogP contribution in [0.1, 0.15) is 25.3 Å². The van der Waals surface area contributed by atoms with Crippen LogP contribution in [0.2, 0.25) is 0 Å². The number of H-pyrrole nitrogens is 1. The maximum Gasteiger partial charge on any atom is 0.0671 e. The number of nitrogens with zero attached hydrogens (tertiary/aromatic N) is 1. The fourth-order valence-corrected chi connectivity index (χ4v) is 2.78. The molecular formula is C18H21N3. The molecule has 0 fully saturated rings. The van der Waals surface area contributed by atoms with Crippen LogP contribution in [-0.4, -0.2) is 16.7 Å². The highest BCUT2D eigenvalue weighted by Gasteiger charge is 2.15. The second kappa shape index (κ2) is 6.00. The second-order valence-electron chi connectivity index (χ2n) is 5.78. The average molecular weight is 279 g/mol. The molecule has 0 radical (unpaired) electrons. The third kappa shape index (κ3) is 2.92. The van der Waals surface area contributed by atoms with Crippen LogP contribution in [0, 0.1) is 5.92 Å². The lowest BCUT2D eigenvalue weighted by atomic mass is 9.88. The van der Waals surface area contributed by atoms with Crippen molar-refractivity contribution in [1.82, 2.24) is 10.2 Å². The summed E-state index contributed by atoms with van der Waals surface area (Å²) in [7, 11) is 0. The molecule has 2 aromatic carbocycles. The Kier molecular flexibility index (Phi) is 3.91. The Morgan fingerprint density at radius 3 is 2.62 bits per heavy atom. The fraction of sp³-hybridized carbons (Fsp3) is 0.278. The summed E-state index contributed by atoms with van der Waals surface area (Å²) in [5.74, 6) is 1.08. The Bertz CT molecular complexity index is 701. The van der Waals surface area contributed by atoms with E-state index < -0.39 is 0 Å². The highest BCUT2D eigenvalue weighted by atomic mass is 15.1. The molecule has 1 aromatic heterocycles. The number of benzene rings is 2. The average Bonchev–Trinajstić information content (AvgIpc) is 2.97. The number of fused-ring (bicyclic) bond motifs is 1. The Morgan fingerprint density at radius 2 is 1.86 bits per heavy atom. The Hall–Kier alpha value is -2.29. The van der Waals surface area contributed by atoms with Gasteiger partial charge in [-0.25, -0.2) is 0 Å². The molecule has 3 rings (SSSR count). The lowest BCUT2D eigenvalue weighted by Gasteiger charge is -2.22. The van der Waals surface area contributed by atoms with Gasteiger partial charge in [0, 0.05) is 23.5 Å². The van der Waals surface area contributed by atoms with E-state index in [1.54, 1.807) is 0 Å². The number of hydrogen-bond acceptors (Lipinski definition) is 2. The quantitative estimate of drug-likeness (QED) is 0.726. The minimum atomic E-state index is 0.494. The lowest BCUT2D eigenvalue weighted by Crippen LogP contribution is -2.17. The zero-order chi connectivity index (χ0) is 14.7. The monoisotopic (exact) mass is 279 g/mol. The molecule has 0 aliphatic rings. The molecule has 0 bridgehead atoms. The number of anilines is 1. The third-order valence-electron chi connectivity index (χ3n) is 4.03. The first-order chi connectivity index (χ1) is 10.3. The van der Waals surface area contributed by atoms with Crippen molar-refractivity contribution >= 4 is 16.6 Å². The van der Waals surface area contributed by atoms with E-state index in [1.165, 1.54) is 5.56 Å². The van der Waals surface area contributed by atoms with Crippen LogP contribution in [0.4, 0.5) is 5.69 Å². The molecule has 0 saturated heterocycles. The Morgan fingerprint density at radius 1 is 1.05 bits per heavy atom. The van der Waals surface area contributed by atoms with Crippen LogP contribution in [0.15, 0.2) is 54.7 Å². The van der Waals surface area contributed by atoms with Gasteiger partial charge in [-0.1, -0.05) is 50.2 Å². The van der Waals surface area contributed by atoms with Crippen molar-refractivity contribution in [1.29, 1.82) is 0 Å². The summed E-state index contributed by atoms with van der Waals surface area (Å²) < 4.78 is 0. The Labute approximate surface area is 125 Å². The fourth-order valence-electron chi connectivity index (χ4n) is 2.78. The summed E-state index contributed by atoms with van der Waals surface area (Å²) in [5.41, 5.74) is 3.60. The van der Waals surface area contributed by atoms with Crippen molar-refractivity contribution < 1.29 is 0 Å². The van der Waals surface area contributed by atoms with Gasteiger partial charge in [-0.15, -0.1) is 0 Å². The first kappa shape index (κ1) is 13.7. The molecule has 0 saturated carbocycles. The summed E-state index contributed by atoms with van der Waals surface area (Å²) >= 11 is 0. The minimum absolute atomic E-state index is 0.494. The van der Waals surface area contributed by atoms with Gasteiger partial charge in [0.05, 0.1) is 11.7 Å². The maximum absolute atomic E-state index is 4.12. The van der Waals surface area contributed by atoms with E-state index >= 15 is 0 Å². The van der Waals surface area contributed by atoms with E-state index in [4.69, 9.17) is 0 Å². The van der Waals surface area contributed by atoms with Crippen LogP contribution in [0.5, 0.6) is 0 Å². The van der Waals surface area contributed by atoms with Gasteiger partial charge >= 0.3 is 0 Å². The summed E-state index contributed by atoms with van der Waals surface area (Å²) in [5, 5.41) is 11.9. The smallest absolute Gasteiger partial charge is 0.0671 e. The van der Waals surface area contributed by atoms with Crippen LogP contribution < -0.4 is 5.32 Å². The highest BCUT2D eigenvalue weighted by Crippen LogP contribution is 2.27. The van der Waals surface area contributed by atoms with Gasteiger partial charge in [-0.2, -0.15) is 5.10 Å². The second-order valence-corrected chi connectivity index (χ2v) is 5.78. The molecule has 0 aliphatic carbocycles. The third-order valence-corrected chi connectivity index (χ3v) is 4.03. The normalized spacial score (nSPS) is 12.7. The molecule has 1 atom stereocenters. The van der Waals surface area contributed by atoms with E-state index in [2.05, 4.69) is 71.8 Å². The first-order valence-electron chi connectivity index (χ1n) is 7.46. The van der Waals surface area contributed by atoms with Crippen LogP contribution in [0.3, 0.4) is 0 Å². The summed E-state index contributed by atoms with van der Waals surface area (Å²) in [4.78, 5) is 0. The van der Waals surface area contributed by atoms with E-state index in [-0.39, 0.29) is 0 Å². The molecule has 2 N–H and O–H groups in total. The highest BCUT2D eigenvalue weighted by molar-refractivity contribution is 5.90. The molecule has 0 aliphatic heterocycles. The predicted octanol–water partition coefficient (Wildman–Crippen LogP) is 4.41. The van der Waals surface area contributed by atoms with Crippen LogP contribution >= 0.6 is 0 Å². The summed E-state index contributed by atoms with van der Waals surface area (Å²) in [6, 6.07) is 16.9. The van der Waals surface area contributed by atoms with E-state index in [1.807, 2.05) is 12.3 Å². The number of hydrogen-bond donors (Lipinski definition) is 2. The topological polar surface area (TPSA) is 40.7 Å². The number of aromatic nitrogens is 2. The molecular weight excluding hydrogens is 258 g/mol. The van der Waals surface area contributed by atoms with Crippen molar-refractivity contribution in [3.05, 3.63) is 60.3 Å². The van der Waals surface area contributed by atoms with Gasteiger partial charge < -0.3 is 5.32 Å². The number of aromatic amines is 1. The molecule has 21 heavy (non-hydrogen) atoms. The lowest BCUT2D eigenvalue weighted by molar-refractivity contribution is 0.517. The van der Waals surface area contributed by atoms with Crippen LogP contribution in [0.25, 0.3) is 10.9 Å². The molecule has 3 heteroatoms. The standard InChI is InChI=1S/C18H21N3/c1-13(2)15(14-7-4-3-5-8-14)11-19-17-9-6-10-18-16(17)12-20-21-18/h3-10,12-13,15,19H,11H2,1-2H3,(H,20,21). The van der Waals surface area contributed by atoms with Gasteiger partial charge in [-0.3, -0.25) is 5.10 Å². The van der Waals surface area contributed by atoms with Gasteiger partial charge in [0.1, 0.15) is 0 Å².